The van der Waals surface area contributed by atoms with Crippen LogP contribution < -0.4 is 5.32 Å². The number of carbonyl (C=O) groups excluding carboxylic acids is 2. The Hall–Kier alpha value is -2.47. The van der Waals surface area contributed by atoms with E-state index in [9.17, 15) is 9.59 Å². The van der Waals surface area contributed by atoms with Crippen molar-refractivity contribution in [1.29, 1.82) is 0 Å². The van der Waals surface area contributed by atoms with Crippen molar-refractivity contribution in [2.24, 2.45) is 0 Å². The molecule has 2 aromatic heterocycles. The highest BCUT2D eigenvalue weighted by Gasteiger charge is 2.19. The number of carbonyl (C=O) groups is 2. The second kappa shape index (κ2) is 7.19. The van der Waals surface area contributed by atoms with Crippen molar-refractivity contribution in [3.05, 3.63) is 52.1 Å². The van der Waals surface area contributed by atoms with Gasteiger partial charge in [0, 0.05) is 46.7 Å². The standard InChI is InChI=1S/C19H21N3O2S/c1-12-11-25-18(21-12)8-9-20-19(24)13(2)22-10-16(14(3)23)15-6-4-5-7-17(15)22/h4-7,10-11,13H,8-9H2,1-3H3,(H,20,24). The molecular weight excluding hydrogens is 334 g/mol. The average molecular weight is 355 g/mol. The van der Waals surface area contributed by atoms with Crippen LogP contribution in [0.3, 0.4) is 0 Å². The quantitative estimate of drug-likeness (QED) is 0.688. The molecule has 6 heteroatoms. The molecule has 130 valence electrons. The predicted octanol–water partition coefficient (Wildman–Crippen LogP) is 3.53. The van der Waals surface area contributed by atoms with Crippen molar-refractivity contribution in [2.75, 3.05) is 6.54 Å². The van der Waals surface area contributed by atoms with Gasteiger partial charge in [-0.05, 0) is 26.8 Å². The van der Waals surface area contributed by atoms with Crippen molar-refractivity contribution in [1.82, 2.24) is 14.9 Å². The molecule has 1 unspecified atom stereocenters. The third-order valence-corrected chi connectivity index (χ3v) is 5.25. The molecule has 3 aromatic rings. The van der Waals surface area contributed by atoms with Gasteiger partial charge in [0.1, 0.15) is 6.04 Å². The molecule has 0 spiro atoms. The fourth-order valence-corrected chi connectivity index (χ4v) is 3.67. The number of nitrogens with one attached hydrogen (secondary N) is 1. The molecule has 25 heavy (non-hydrogen) atoms. The summed E-state index contributed by atoms with van der Waals surface area (Å²) in [5.74, 6) is -0.0640. The molecule has 0 aliphatic carbocycles. The van der Waals surface area contributed by atoms with Gasteiger partial charge >= 0.3 is 0 Å². The Morgan fingerprint density at radius 1 is 1.32 bits per heavy atom. The van der Waals surface area contributed by atoms with Gasteiger partial charge < -0.3 is 9.88 Å². The van der Waals surface area contributed by atoms with Gasteiger partial charge in [-0.2, -0.15) is 0 Å². The van der Waals surface area contributed by atoms with Crippen molar-refractivity contribution in [3.63, 3.8) is 0 Å². The number of aryl methyl sites for hydroxylation is 1. The molecule has 1 atom stereocenters. The van der Waals surface area contributed by atoms with Gasteiger partial charge in [0.15, 0.2) is 5.78 Å². The zero-order chi connectivity index (χ0) is 18.0. The lowest BCUT2D eigenvalue weighted by molar-refractivity contribution is -0.123. The van der Waals surface area contributed by atoms with E-state index in [1.54, 1.807) is 24.5 Å². The highest BCUT2D eigenvalue weighted by atomic mass is 32.1. The number of aromatic nitrogens is 2. The predicted molar refractivity (Wildman–Crippen MR) is 100 cm³/mol. The molecular formula is C19H21N3O2S. The minimum Gasteiger partial charge on any atom is -0.354 e. The molecule has 0 aliphatic rings. The summed E-state index contributed by atoms with van der Waals surface area (Å²) < 4.78 is 1.87. The first kappa shape index (κ1) is 17.4. The zero-order valence-corrected chi connectivity index (χ0v) is 15.4. The topological polar surface area (TPSA) is 64.0 Å². The van der Waals surface area contributed by atoms with Gasteiger partial charge in [-0.1, -0.05) is 18.2 Å². The Balaban J connectivity index is 1.73. The number of rotatable bonds is 6. The van der Waals surface area contributed by atoms with E-state index in [1.165, 1.54) is 0 Å². The van der Waals surface area contributed by atoms with Crippen LogP contribution in [0.4, 0.5) is 0 Å². The third kappa shape index (κ3) is 3.64. The second-order valence-electron chi connectivity index (χ2n) is 6.12. The van der Waals surface area contributed by atoms with Gasteiger partial charge in [0.25, 0.3) is 0 Å². The van der Waals surface area contributed by atoms with Gasteiger partial charge in [-0.25, -0.2) is 4.98 Å². The van der Waals surface area contributed by atoms with Gasteiger partial charge in [0.2, 0.25) is 5.91 Å². The smallest absolute Gasteiger partial charge is 0.242 e. The highest BCUT2D eigenvalue weighted by molar-refractivity contribution is 7.09. The summed E-state index contributed by atoms with van der Waals surface area (Å²) in [5, 5.41) is 6.88. The lowest BCUT2D eigenvalue weighted by atomic mass is 10.1. The van der Waals surface area contributed by atoms with Crippen molar-refractivity contribution in [3.8, 4) is 0 Å². The summed E-state index contributed by atoms with van der Waals surface area (Å²) in [6, 6.07) is 7.27. The molecule has 0 fully saturated rings. The van der Waals surface area contributed by atoms with Crippen LogP contribution in [-0.2, 0) is 11.2 Å². The Labute approximate surface area is 150 Å². The van der Waals surface area contributed by atoms with Crippen molar-refractivity contribution in [2.45, 2.75) is 33.2 Å². The number of fused-ring (bicyclic) bond motifs is 1. The Bertz CT molecular complexity index is 926. The molecule has 0 saturated heterocycles. The monoisotopic (exact) mass is 355 g/mol. The number of hydrogen-bond donors (Lipinski definition) is 1. The lowest BCUT2D eigenvalue weighted by Crippen LogP contribution is -2.32. The summed E-state index contributed by atoms with van der Waals surface area (Å²) >= 11 is 1.61. The van der Waals surface area contributed by atoms with Crippen molar-refractivity contribution >= 4 is 33.9 Å². The van der Waals surface area contributed by atoms with Crippen LogP contribution in [0.25, 0.3) is 10.9 Å². The number of ketones is 1. The first-order valence-electron chi connectivity index (χ1n) is 8.26. The Kier molecular flexibility index (Phi) is 4.99. The molecule has 0 radical (unpaired) electrons. The van der Waals surface area contributed by atoms with E-state index >= 15 is 0 Å². The number of benzene rings is 1. The highest BCUT2D eigenvalue weighted by Crippen LogP contribution is 2.25. The molecule has 0 bridgehead atoms. The number of nitrogens with zero attached hydrogens (tertiary/aromatic N) is 2. The minimum absolute atomic E-state index is 0.00157. The average Bonchev–Trinajstić information content (AvgIpc) is 3.18. The number of thiazole rings is 1. The van der Waals surface area contributed by atoms with Crippen LogP contribution in [0.15, 0.2) is 35.8 Å². The summed E-state index contributed by atoms with van der Waals surface area (Å²) in [6.45, 7) is 5.91. The summed E-state index contributed by atoms with van der Waals surface area (Å²) in [4.78, 5) is 28.8. The van der Waals surface area contributed by atoms with Crippen LogP contribution in [0.1, 0.15) is 40.9 Å². The number of amides is 1. The summed E-state index contributed by atoms with van der Waals surface area (Å²) in [7, 11) is 0. The second-order valence-corrected chi connectivity index (χ2v) is 7.07. The Morgan fingerprint density at radius 3 is 2.76 bits per heavy atom. The van der Waals surface area contributed by atoms with E-state index in [-0.39, 0.29) is 11.7 Å². The minimum atomic E-state index is -0.393. The maximum atomic E-state index is 12.5. The molecule has 3 rings (SSSR count). The van der Waals surface area contributed by atoms with E-state index in [2.05, 4.69) is 10.3 Å². The van der Waals surface area contributed by atoms with Gasteiger partial charge in [0.05, 0.1) is 5.01 Å². The van der Waals surface area contributed by atoms with E-state index in [4.69, 9.17) is 0 Å². The normalized spacial score (nSPS) is 12.3. The molecule has 1 amide bonds. The maximum Gasteiger partial charge on any atom is 0.242 e. The number of Topliss-reactive ketones (excluding diaryl/α,β-unsaturated/α-hetero) is 1. The van der Waals surface area contributed by atoms with Crippen molar-refractivity contribution < 1.29 is 9.59 Å². The molecule has 5 nitrogen and oxygen atoms in total. The first-order chi connectivity index (χ1) is 12.0. The molecule has 0 saturated carbocycles. The molecule has 2 heterocycles. The zero-order valence-electron chi connectivity index (χ0n) is 14.6. The van der Waals surface area contributed by atoms with Gasteiger partial charge in [-0.15, -0.1) is 11.3 Å². The molecule has 1 N–H and O–H groups in total. The van der Waals surface area contributed by atoms with E-state index < -0.39 is 6.04 Å². The maximum absolute atomic E-state index is 12.5. The van der Waals surface area contributed by atoms with Crippen LogP contribution in [0.5, 0.6) is 0 Å². The van der Waals surface area contributed by atoms with E-state index in [0.717, 1.165) is 28.0 Å². The molecule has 1 aromatic carbocycles. The SMILES string of the molecule is CC(=O)c1cn(C(C)C(=O)NCCc2nc(C)cs2)c2ccccc12. The molecule has 0 aliphatic heterocycles. The van der Waals surface area contributed by atoms with Crippen LogP contribution in [-0.4, -0.2) is 27.8 Å². The lowest BCUT2D eigenvalue weighted by Gasteiger charge is -2.15. The van der Waals surface area contributed by atoms with Crippen LogP contribution in [0.2, 0.25) is 0 Å². The number of para-hydroxylation sites is 1. The van der Waals surface area contributed by atoms with Crippen LogP contribution in [0, 0.1) is 6.92 Å². The van der Waals surface area contributed by atoms with Crippen LogP contribution >= 0.6 is 11.3 Å². The first-order valence-corrected chi connectivity index (χ1v) is 9.14. The Morgan fingerprint density at radius 2 is 2.08 bits per heavy atom. The fourth-order valence-electron chi connectivity index (χ4n) is 2.89. The summed E-state index contributed by atoms with van der Waals surface area (Å²) in [5.41, 5.74) is 2.55. The van der Waals surface area contributed by atoms with Gasteiger partial charge in [-0.3, -0.25) is 9.59 Å². The largest absolute Gasteiger partial charge is 0.354 e. The number of hydrogen-bond acceptors (Lipinski definition) is 4. The summed E-state index contributed by atoms with van der Waals surface area (Å²) in [6.07, 6.45) is 2.50. The van der Waals surface area contributed by atoms with E-state index in [0.29, 0.717) is 12.1 Å². The van der Waals surface area contributed by atoms with E-state index in [1.807, 2.05) is 48.1 Å². The fraction of sp³-hybridized carbons (Fsp3) is 0.316. The third-order valence-electron chi connectivity index (χ3n) is 4.22.